The van der Waals surface area contributed by atoms with Crippen LogP contribution in [0.15, 0.2) is 30.3 Å². The minimum absolute atomic E-state index is 0.157. The normalized spacial score (nSPS) is 43.3. The molecule has 1 aliphatic heterocycles. The molecule has 5 aliphatic rings. The van der Waals surface area contributed by atoms with Gasteiger partial charge in [0, 0.05) is 11.9 Å². The van der Waals surface area contributed by atoms with Crippen LogP contribution in [0.1, 0.15) is 63.9 Å². The SMILES string of the molecule is CC1CNCCC1NC(=O)C12CC3C[C@@](CCCl)(C1)C[C@](c1ccccc1)(C3)C2. The number of hydrogen-bond acceptors (Lipinski definition) is 2. The topological polar surface area (TPSA) is 41.1 Å². The highest BCUT2D eigenvalue weighted by molar-refractivity contribution is 6.17. The van der Waals surface area contributed by atoms with Crippen LogP contribution >= 0.6 is 11.6 Å². The molecule has 1 amide bonds. The summed E-state index contributed by atoms with van der Waals surface area (Å²) in [7, 11) is 0. The first-order valence-corrected chi connectivity index (χ1v) is 12.1. The lowest BCUT2D eigenvalue weighted by Crippen LogP contribution is -2.64. The van der Waals surface area contributed by atoms with E-state index in [-0.39, 0.29) is 16.2 Å². The molecule has 1 aromatic rings. The van der Waals surface area contributed by atoms with E-state index in [4.69, 9.17) is 11.6 Å². The lowest BCUT2D eigenvalue weighted by atomic mass is 9.38. The van der Waals surface area contributed by atoms with E-state index in [2.05, 4.69) is 47.9 Å². The molecule has 4 bridgehead atoms. The molecule has 4 unspecified atom stereocenters. The van der Waals surface area contributed by atoms with E-state index in [9.17, 15) is 4.79 Å². The van der Waals surface area contributed by atoms with Crippen LogP contribution in [0, 0.1) is 22.7 Å². The van der Waals surface area contributed by atoms with Gasteiger partial charge in [0.15, 0.2) is 0 Å². The van der Waals surface area contributed by atoms with Crippen molar-refractivity contribution in [1.29, 1.82) is 0 Å². The van der Waals surface area contributed by atoms with Gasteiger partial charge in [-0.05, 0) is 92.7 Å². The summed E-state index contributed by atoms with van der Waals surface area (Å²) in [4.78, 5) is 13.9. The van der Waals surface area contributed by atoms with Crippen LogP contribution in [0.2, 0.25) is 0 Å². The zero-order chi connectivity index (χ0) is 20.1. The maximum Gasteiger partial charge on any atom is 0.226 e. The first-order valence-electron chi connectivity index (χ1n) is 11.6. The van der Waals surface area contributed by atoms with Gasteiger partial charge in [-0.25, -0.2) is 0 Å². The van der Waals surface area contributed by atoms with Gasteiger partial charge < -0.3 is 10.6 Å². The standard InChI is InChI=1S/C25H35ClN2O/c1-18-14-27-10-7-21(18)28-22(29)25-13-19-11-23(16-25,8-9-26)15-24(12-19,17-25)20-5-3-2-4-6-20/h2-6,18-19,21,27H,7-17H2,1H3,(H,28,29)/t18?,19?,21?,23-,24-,25?/m1/s1. The predicted octanol–water partition coefficient (Wildman–Crippen LogP) is 4.64. The van der Waals surface area contributed by atoms with Gasteiger partial charge in [-0.3, -0.25) is 4.79 Å². The quantitative estimate of drug-likeness (QED) is 0.689. The minimum Gasteiger partial charge on any atom is -0.353 e. The fourth-order valence-electron chi connectivity index (χ4n) is 8.03. The van der Waals surface area contributed by atoms with Gasteiger partial charge in [0.25, 0.3) is 0 Å². The van der Waals surface area contributed by atoms with E-state index in [1.807, 2.05) is 0 Å². The van der Waals surface area contributed by atoms with Gasteiger partial charge in [0.2, 0.25) is 5.91 Å². The Hall–Kier alpha value is -1.06. The Morgan fingerprint density at radius 1 is 1.17 bits per heavy atom. The van der Waals surface area contributed by atoms with E-state index in [0.717, 1.165) is 45.2 Å². The second-order valence-corrected chi connectivity index (χ2v) is 11.3. The van der Waals surface area contributed by atoms with Crippen molar-refractivity contribution in [2.75, 3.05) is 19.0 Å². The zero-order valence-electron chi connectivity index (χ0n) is 17.7. The highest BCUT2D eigenvalue weighted by atomic mass is 35.5. The Morgan fingerprint density at radius 2 is 2.00 bits per heavy atom. The van der Waals surface area contributed by atoms with Gasteiger partial charge in [-0.1, -0.05) is 37.3 Å². The monoisotopic (exact) mass is 414 g/mol. The molecular formula is C25H35ClN2O. The zero-order valence-corrected chi connectivity index (χ0v) is 18.4. The fraction of sp³-hybridized carbons (Fsp3) is 0.720. The van der Waals surface area contributed by atoms with Gasteiger partial charge in [0.1, 0.15) is 0 Å². The van der Waals surface area contributed by atoms with E-state index < -0.39 is 0 Å². The molecule has 1 saturated heterocycles. The molecule has 4 heteroatoms. The molecule has 4 aliphatic carbocycles. The summed E-state index contributed by atoms with van der Waals surface area (Å²) in [6.07, 6.45) is 8.98. The van der Waals surface area contributed by atoms with Crippen LogP contribution in [-0.4, -0.2) is 30.9 Å². The van der Waals surface area contributed by atoms with Crippen LogP contribution in [0.5, 0.6) is 0 Å². The van der Waals surface area contributed by atoms with Crippen molar-refractivity contribution in [2.24, 2.45) is 22.7 Å². The van der Waals surface area contributed by atoms with Gasteiger partial charge in [-0.2, -0.15) is 0 Å². The lowest BCUT2D eigenvalue weighted by molar-refractivity contribution is -0.164. The average Bonchev–Trinajstić information content (AvgIpc) is 2.69. The first-order chi connectivity index (χ1) is 14.0. The van der Waals surface area contributed by atoms with Gasteiger partial charge in [-0.15, -0.1) is 11.6 Å². The number of carbonyl (C=O) groups is 1. The molecule has 0 aromatic heterocycles. The summed E-state index contributed by atoms with van der Waals surface area (Å²) in [6, 6.07) is 11.4. The first kappa shape index (κ1) is 19.9. The summed E-state index contributed by atoms with van der Waals surface area (Å²) in [5, 5.41) is 7.00. The van der Waals surface area contributed by atoms with Crippen molar-refractivity contribution in [2.45, 2.75) is 69.7 Å². The molecule has 0 spiro atoms. The second-order valence-electron chi connectivity index (χ2n) is 10.9. The second kappa shape index (κ2) is 7.27. The third kappa shape index (κ3) is 3.33. The van der Waals surface area contributed by atoms with Crippen molar-refractivity contribution < 1.29 is 4.79 Å². The molecule has 1 aromatic carbocycles. The smallest absolute Gasteiger partial charge is 0.226 e. The predicted molar refractivity (Wildman–Crippen MR) is 118 cm³/mol. The maximum absolute atomic E-state index is 13.9. The van der Waals surface area contributed by atoms with Gasteiger partial charge >= 0.3 is 0 Å². The van der Waals surface area contributed by atoms with Crippen molar-refractivity contribution in [3.05, 3.63) is 35.9 Å². The fourth-order valence-corrected chi connectivity index (χ4v) is 8.44. The van der Waals surface area contributed by atoms with Crippen molar-refractivity contribution in [1.82, 2.24) is 10.6 Å². The maximum atomic E-state index is 13.9. The number of nitrogens with one attached hydrogen (secondary N) is 2. The molecule has 5 fully saturated rings. The van der Waals surface area contributed by atoms with E-state index in [1.165, 1.54) is 24.8 Å². The third-order valence-corrected chi connectivity index (χ3v) is 8.97. The number of rotatable bonds is 5. The number of halogens is 1. The van der Waals surface area contributed by atoms with Crippen LogP contribution in [0.25, 0.3) is 0 Å². The number of hydrogen-bond donors (Lipinski definition) is 2. The highest BCUT2D eigenvalue weighted by Crippen LogP contribution is 2.71. The third-order valence-electron chi connectivity index (χ3n) is 8.78. The number of benzene rings is 1. The van der Waals surface area contributed by atoms with E-state index >= 15 is 0 Å². The molecule has 158 valence electrons. The van der Waals surface area contributed by atoms with Crippen LogP contribution < -0.4 is 10.6 Å². The molecule has 4 saturated carbocycles. The largest absolute Gasteiger partial charge is 0.353 e. The molecule has 0 radical (unpaired) electrons. The van der Waals surface area contributed by atoms with Crippen LogP contribution in [-0.2, 0) is 10.2 Å². The summed E-state index contributed by atoms with van der Waals surface area (Å²) in [5.74, 6) is 2.22. The van der Waals surface area contributed by atoms with Crippen LogP contribution in [0.3, 0.4) is 0 Å². The molecule has 6 atom stereocenters. The summed E-state index contributed by atoms with van der Waals surface area (Å²) >= 11 is 6.32. The number of piperidine rings is 1. The van der Waals surface area contributed by atoms with E-state index in [0.29, 0.717) is 29.7 Å². The minimum atomic E-state index is -0.202. The van der Waals surface area contributed by atoms with Crippen molar-refractivity contribution >= 4 is 17.5 Å². The van der Waals surface area contributed by atoms with E-state index in [1.54, 1.807) is 0 Å². The molecule has 2 N–H and O–H groups in total. The molecule has 6 rings (SSSR count). The molecular weight excluding hydrogens is 380 g/mol. The molecule has 29 heavy (non-hydrogen) atoms. The van der Waals surface area contributed by atoms with Gasteiger partial charge in [0.05, 0.1) is 5.41 Å². The number of alkyl halides is 1. The van der Waals surface area contributed by atoms with Crippen molar-refractivity contribution in [3.63, 3.8) is 0 Å². The highest BCUT2D eigenvalue weighted by Gasteiger charge is 2.65. The average molecular weight is 415 g/mol. The number of amides is 1. The van der Waals surface area contributed by atoms with Crippen LogP contribution in [0.4, 0.5) is 0 Å². The summed E-state index contributed by atoms with van der Waals surface area (Å²) in [5.41, 5.74) is 1.65. The Bertz CT molecular complexity index is 769. The Balaban J connectivity index is 1.48. The van der Waals surface area contributed by atoms with Crippen molar-refractivity contribution in [3.8, 4) is 0 Å². The summed E-state index contributed by atoms with van der Waals surface area (Å²) in [6.45, 7) is 4.27. The molecule has 3 nitrogen and oxygen atoms in total. The Kier molecular flexibility index (Phi) is 4.98. The Labute approximate surface area is 180 Å². The lowest BCUT2D eigenvalue weighted by Gasteiger charge is -2.66. The summed E-state index contributed by atoms with van der Waals surface area (Å²) < 4.78 is 0. The number of carbonyl (C=O) groups excluding carboxylic acids is 1. The Morgan fingerprint density at radius 3 is 2.76 bits per heavy atom. The molecule has 1 heterocycles.